The molecule has 121 heavy (non-hydrogen) atoms. The zero-order valence-electron chi connectivity index (χ0n) is 71.9. The van der Waals surface area contributed by atoms with Crippen LogP contribution in [0.15, 0.2) is 94.7 Å². The predicted octanol–water partition coefficient (Wildman–Crippen LogP) is 9.88. The van der Waals surface area contributed by atoms with Gasteiger partial charge >= 0.3 is 12.1 Å². The number of cyclic esters (lactones) is 1. The second-order valence-electron chi connectivity index (χ2n) is 33.3. The van der Waals surface area contributed by atoms with E-state index >= 15 is 0 Å². The lowest BCUT2D eigenvalue weighted by molar-refractivity contribution is -0.245. The van der Waals surface area contributed by atoms with Gasteiger partial charge in [-0.3, -0.25) is 24.1 Å². The van der Waals surface area contributed by atoms with Crippen LogP contribution in [0.5, 0.6) is 0 Å². The molecule has 3 amide bonds. The number of rotatable bonds is 30. The van der Waals surface area contributed by atoms with Gasteiger partial charge in [0, 0.05) is 90.9 Å². The maximum absolute atomic E-state index is 14.5. The number of carbonyl (C=O) groups is 6. The van der Waals surface area contributed by atoms with Crippen LogP contribution in [0.4, 0.5) is 16.6 Å². The third-order valence-corrected chi connectivity index (χ3v) is 24.2. The fourth-order valence-corrected chi connectivity index (χ4v) is 17.2. The Hall–Kier alpha value is -8.44. The number of ketones is 2. The van der Waals surface area contributed by atoms with Crippen molar-refractivity contribution in [2.24, 2.45) is 23.7 Å². The predicted molar refractivity (Wildman–Crippen MR) is 453 cm³/mol. The van der Waals surface area contributed by atoms with Gasteiger partial charge in [0.25, 0.3) is 17.7 Å². The molecule has 8 heterocycles. The van der Waals surface area contributed by atoms with Gasteiger partial charge in [-0.1, -0.05) is 75.4 Å². The summed E-state index contributed by atoms with van der Waals surface area (Å²) >= 11 is 0. The Kier molecular flexibility index (Phi) is 36.1. The molecule has 11 rings (SSSR count). The third-order valence-electron chi connectivity index (χ3n) is 24.2. The number of ether oxygens (including phenoxy) is 11. The summed E-state index contributed by atoms with van der Waals surface area (Å²) in [5.74, 6) is -5.01. The summed E-state index contributed by atoms with van der Waals surface area (Å²) in [5, 5.41) is 29.0. The van der Waals surface area contributed by atoms with Crippen molar-refractivity contribution in [1.29, 1.82) is 0 Å². The van der Waals surface area contributed by atoms with Crippen LogP contribution in [0.25, 0.3) is 33.4 Å². The van der Waals surface area contributed by atoms with Gasteiger partial charge in [-0.2, -0.15) is 10.1 Å². The van der Waals surface area contributed by atoms with Crippen molar-refractivity contribution in [1.82, 2.24) is 44.3 Å². The first kappa shape index (κ1) is 93.3. The van der Waals surface area contributed by atoms with Crippen molar-refractivity contribution in [2.45, 2.75) is 212 Å². The molecular formula is C90H129N11O20. The highest BCUT2D eigenvalue weighted by Crippen LogP contribution is 2.37. The van der Waals surface area contributed by atoms with E-state index in [-0.39, 0.29) is 67.0 Å². The molecule has 1 saturated carbocycles. The molecule has 664 valence electrons. The fraction of sp³-hybridized carbons (Fsp3) is 0.644. The summed E-state index contributed by atoms with van der Waals surface area (Å²) in [5.41, 5.74) is 20.2. The largest absolute Gasteiger partial charge is 0.461 e. The lowest BCUT2D eigenvalue weighted by atomic mass is 9.83. The number of nitrogen functional groups attached to an aromatic ring is 2. The van der Waals surface area contributed by atoms with E-state index in [9.17, 15) is 39.0 Å². The Labute approximate surface area is 710 Å². The molecule has 2 aromatic carbocycles. The highest BCUT2D eigenvalue weighted by atomic mass is 16.6. The van der Waals surface area contributed by atoms with E-state index < -0.39 is 65.9 Å². The summed E-state index contributed by atoms with van der Waals surface area (Å²) in [4.78, 5) is 104. The number of aliphatic hydroxyl groups excluding tert-OH is 1. The summed E-state index contributed by atoms with van der Waals surface area (Å²) in [7, 11) is 3.03. The Balaban J connectivity index is 0.517. The Morgan fingerprint density at radius 3 is 2.11 bits per heavy atom. The molecule has 3 aromatic heterocycles. The van der Waals surface area contributed by atoms with Crippen LogP contribution in [0.1, 0.15) is 160 Å². The summed E-state index contributed by atoms with van der Waals surface area (Å²) in [6.45, 7) is 19.7. The molecule has 6 N–H and O–H groups in total. The number of hydrogen-bond acceptors (Lipinski definition) is 27. The lowest BCUT2D eigenvalue weighted by Crippen LogP contribution is -2.58. The number of aromatic nitrogens is 5. The van der Waals surface area contributed by atoms with Crippen molar-refractivity contribution in [3.05, 3.63) is 107 Å². The van der Waals surface area contributed by atoms with Gasteiger partial charge < -0.3 is 92.9 Å². The third kappa shape index (κ3) is 27.0. The van der Waals surface area contributed by atoms with Gasteiger partial charge in [0.2, 0.25) is 11.7 Å². The number of piperidine rings is 1. The maximum Gasteiger partial charge on any atom is 0.410 e. The number of allylic oxidation sites excluding steroid dienone is 6. The van der Waals surface area contributed by atoms with Crippen LogP contribution in [0.2, 0.25) is 0 Å². The van der Waals surface area contributed by atoms with Crippen molar-refractivity contribution in [3.63, 3.8) is 0 Å². The first-order chi connectivity index (χ1) is 58.5. The van der Waals surface area contributed by atoms with E-state index in [2.05, 4.69) is 38.1 Å². The number of benzene rings is 2. The molecule has 31 nitrogen and oxygen atoms in total. The standard InChI is InChI=1S/C90H129N11O20/c1-60-14-9-8-10-15-62(3)76(110-6)56-72-16-13-32-90(109,121-72)83(105)86(106)100-33-12-11-17-74(100)87(107)118-70(25-18-61(2)53-64(5)81(104)82(111-7)80(103)63(4)52-60)26-20-65-21-27-71(28-22-65)119-89(108)98-37-35-97(36-38-98)39-41-113-43-45-115-47-49-117-51-50-116-48-46-114-44-42-112-40-31-77(102)99-34-30-67-54-66(19-23-69(67)58-99)57-101-85-78(84(91)93-59-94-85)79(96-101)68-24-29-75-73(55-68)95-88(92)120-75/h8-10,14-15,19,23-24,29,53-55,59-61,63,65,70-72,74,76,81-82,104,109H,11-13,16-18,20-22,25-28,30-52,56-58H2,1-7H3,(H2,92,95)(H2,91,93,94)/b10-8+,14-9+,62-15+,64-53+/t60-,61+,63-,65-,70+,71-,72?,74+,76+,81-,82+,90-/m1/s1. The van der Waals surface area contributed by atoms with Crippen molar-refractivity contribution >= 4 is 69.4 Å². The molecule has 4 fully saturated rings. The second-order valence-corrected chi connectivity index (χ2v) is 33.3. The van der Waals surface area contributed by atoms with Crippen LogP contribution in [0.3, 0.4) is 0 Å². The Morgan fingerprint density at radius 1 is 0.686 bits per heavy atom. The minimum absolute atomic E-state index is 0.0452. The molecule has 5 aromatic rings. The molecule has 3 saturated heterocycles. The van der Waals surface area contributed by atoms with Crippen LogP contribution < -0.4 is 11.5 Å². The van der Waals surface area contributed by atoms with Crippen molar-refractivity contribution in [3.8, 4) is 11.3 Å². The number of nitrogens with zero attached hydrogens (tertiary/aromatic N) is 9. The number of hydrogen-bond donors (Lipinski definition) is 4. The normalized spacial score (nSPS) is 27.2. The van der Waals surface area contributed by atoms with E-state index in [1.54, 1.807) is 25.0 Å². The highest BCUT2D eigenvalue weighted by Gasteiger charge is 2.50. The van der Waals surface area contributed by atoms with E-state index in [4.69, 9.17) is 73.1 Å². The smallest absolute Gasteiger partial charge is 0.410 e. The van der Waals surface area contributed by atoms with Crippen molar-refractivity contribution in [2.75, 3.05) is 151 Å². The average molecular weight is 1690 g/mol. The summed E-state index contributed by atoms with van der Waals surface area (Å²) in [6.07, 6.45) is 18.5. The van der Waals surface area contributed by atoms with Gasteiger partial charge in [0.05, 0.1) is 110 Å². The van der Waals surface area contributed by atoms with Gasteiger partial charge in [-0.15, -0.1) is 0 Å². The number of methoxy groups -OCH3 is 2. The number of fused-ring (bicyclic) bond motifs is 6. The fourth-order valence-electron chi connectivity index (χ4n) is 17.2. The zero-order valence-corrected chi connectivity index (χ0v) is 71.9. The lowest BCUT2D eigenvalue weighted by Gasteiger charge is -2.39. The Bertz CT molecular complexity index is 4320. The quantitative estimate of drug-likeness (QED) is 0.0144. The van der Waals surface area contributed by atoms with Crippen LogP contribution in [-0.2, 0) is 95.6 Å². The molecule has 10 atom stereocenters. The van der Waals surface area contributed by atoms with E-state index in [0.717, 1.165) is 54.5 Å². The van der Waals surface area contributed by atoms with Crippen molar-refractivity contribution < 1.29 is 95.5 Å². The Morgan fingerprint density at radius 2 is 1.40 bits per heavy atom. The molecule has 31 heteroatoms. The number of piperazine rings is 1. The van der Waals surface area contributed by atoms with Crippen LogP contribution >= 0.6 is 0 Å². The number of carbonyl (C=O) groups excluding carboxylic acids is 6. The minimum Gasteiger partial charge on any atom is -0.461 e. The minimum atomic E-state index is -2.37. The number of amides is 3. The average Bonchev–Trinajstić information content (AvgIpc) is 1.59. The van der Waals surface area contributed by atoms with E-state index in [1.165, 1.54) is 23.9 Å². The number of Topliss-reactive ketones (excluding diaryl/α,β-unsaturated/α-hetero) is 2. The molecule has 1 aliphatic carbocycles. The van der Waals surface area contributed by atoms with Gasteiger partial charge in [0.1, 0.15) is 53.8 Å². The molecule has 1 unspecified atom stereocenters. The first-order valence-electron chi connectivity index (χ1n) is 43.6. The number of oxazole rings is 1. The number of aliphatic hydroxyl groups is 2. The molecule has 2 bridgehead atoms. The van der Waals surface area contributed by atoms with Crippen LogP contribution in [-0.4, -0.2) is 278 Å². The van der Waals surface area contributed by atoms with Gasteiger partial charge in [0.15, 0.2) is 17.0 Å². The SMILES string of the molecule is CO[C@H]1CC2CCC[C@@](O)(O2)C(=O)C(=O)N2CCCC[C@H]2C(=O)O[C@H](CC[C@H]2CC[C@H](OC(=O)N3CCN(CCOCCOCCOCCOCCOCCOCCC(=O)N4CCc5cc(Cn6nc(-c7ccc8oc(N)nc8c7)c7c(N)ncnc76)ccc5C4)CC3)CC2)CC[C@H](C)/C=C(\C)[C@@H](O)[C@@H](OC)C(=O)[C@H](C)C[C@H](C)/C=C/C=C/C=C/1C. The monoisotopic (exact) mass is 1680 g/mol. The highest BCUT2D eigenvalue weighted by molar-refractivity contribution is 6.39. The topological polar surface area (TPSA) is 379 Å². The number of nitrogens with two attached hydrogens (primary N) is 2. The first-order valence-corrected chi connectivity index (χ1v) is 43.6. The molecular weight excluding hydrogens is 1560 g/mol. The second kappa shape index (κ2) is 46.9. The molecule has 0 radical (unpaired) electrons. The van der Waals surface area contributed by atoms with E-state index in [1.807, 2.05) is 85.9 Å². The van der Waals surface area contributed by atoms with Gasteiger partial charge in [-0.25, -0.2) is 24.2 Å². The number of esters is 1. The molecule has 0 spiro atoms. The summed E-state index contributed by atoms with van der Waals surface area (Å²) in [6, 6.07) is 10.9. The van der Waals surface area contributed by atoms with Gasteiger partial charge in [-0.05, 0) is 174 Å². The molecule has 6 aliphatic rings. The molecule has 5 aliphatic heterocycles. The zero-order chi connectivity index (χ0) is 85.8. The van der Waals surface area contributed by atoms with Crippen LogP contribution in [0, 0.1) is 23.7 Å². The number of anilines is 2. The van der Waals surface area contributed by atoms with E-state index in [0.29, 0.717) is 241 Å². The summed E-state index contributed by atoms with van der Waals surface area (Å²) < 4.78 is 71.8. The maximum atomic E-state index is 14.5.